The van der Waals surface area contributed by atoms with Gasteiger partial charge in [0.15, 0.2) is 5.16 Å². The first-order chi connectivity index (χ1) is 14.3. The van der Waals surface area contributed by atoms with Crippen molar-refractivity contribution in [2.24, 2.45) is 5.92 Å². The lowest BCUT2D eigenvalue weighted by atomic mass is 10.0. The SMILES string of the molecule is Cc1cc2nc(SCC(=O)Nc3ccccc3C(C)C)n(CCC(C)C)c(=O)c2[nH]1. The standard InChI is InChI=1S/C23H30N4O2S/c1-14(2)10-11-27-22(29)21-19(12-16(5)24-21)26-23(27)30-13-20(28)25-18-9-7-6-8-17(18)15(3)4/h6-9,12,14-15,24H,10-11,13H2,1-5H3,(H,25,28). The summed E-state index contributed by atoms with van der Waals surface area (Å²) in [4.78, 5) is 33.4. The van der Waals surface area contributed by atoms with E-state index in [4.69, 9.17) is 0 Å². The van der Waals surface area contributed by atoms with Gasteiger partial charge < -0.3 is 10.3 Å². The van der Waals surface area contributed by atoms with Gasteiger partial charge in [0.25, 0.3) is 5.56 Å². The summed E-state index contributed by atoms with van der Waals surface area (Å²) in [6, 6.07) is 9.71. The molecule has 2 aromatic heterocycles. The number of carbonyl (C=O) groups is 1. The number of aryl methyl sites for hydroxylation is 1. The summed E-state index contributed by atoms with van der Waals surface area (Å²) in [5.74, 6) is 0.862. The second-order valence-electron chi connectivity index (χ2n) is 8.33. The molecule has 2 N–H and O–H groups in total. The highest BCUT2D eigenvalue weighted by molar-refractivity contribution is 7.99. The molecule has 0 fully saturated rings. The Labute approximate surface area is 181 Å². The minimum Gasteiger partial charge on any atom is -0.353 e. The number of benzene rings is 1. The average molecular weight is 427 g/mol. The molecule has 6 nitrogen and oxygen atoms in total. The predicted molar refractivity (Wildman–Crippen MR) is 124 cm³/mol. The van der Waals surface area contributed by atoms with Crippen molar-refractivity contribution < 1.29 is 4.79 Å². The van der Waals surface area contributed by atoms with Crippen LogP contribution in [0.25, 0.3) is 11.0 Å². The molecule has 2 heterocycles. The molecule has 0 saturated carbocycles. The van der Waals surface area contributed by atoms with Gasteiger partial charge in [-0.05, 0) is 42.9 Å². The van der Waals surface area contributed by atoms with Crippen molar-refractivity contribution in [3.05, 3.63) is 51.9 Å². The van der Waals surface area contributed by atoms with Crippen LogP contribution in [0.2, 0.25) is 0 Å². The van der Waals surface area contributed by atoms with Crippen LogP contribution in [0, 0.1) is 12.8 Å². The monoisotopic (exact) mass is 426 g/mol. The van der Waals surface area contributed by atoms with Gasteiger partial charge in [0, 0.05) is 17.9 Å². The Morgan fingerprint density at radius 1 is 1.23 bits per heavy atom. The predicted octanol–water partition coefficient (Wildman–Crippen LogP) is 4.93. The molecule has 1 amide bonds. The van der Waals surface area contributed by atoms with Crippen molar-refractivity contribution in [1.29, 1.82) is 0 Å². The molecule has 1 aromatic carbocycles. The number of anilines is 1. The molecule has 0 saturated heterocycles. The normalized spacial score (nSPS) is 11.6. The number of nitrogens with one attached hydrogen (secondary N) is 2. The van der Waals surface area contributed by atoms with E-state index in [2.05, 4.69) is 43.0 Å². The van der Waals surface area contributed by atoms with Gasteiger partial charge in [0.1, 0.15) is 5.52 Å². The van der Waals surface area contributed by atoms with Crippen LogP contribution in [0.1, 0.15) is 51.3 Å². The minimum absolute atomic E-state index is 0.0817. The second-order valence-corrected chi connectivity index (χ2v) is 9.27. The molecule has 30 heavy (non-hydrogen) atoms. The third-order valence-electron chi connectivity index (χ3n) is 4.96. The number of amides is 1. The van der Waals surface area contributed by atoms with E-state index >= 15 is 0 Å². The van der Waals surface area contributed by atoms with Crippen molar-refractivity contribution in [1.82, 2.24) is 14.5 Å². The Kier molecular flexibility index (Phi) is 7.02. The molecule has 0 aliphatic rings. The summed E-state index contributed by atoms with van der Waals surface area (Å²) >= 11 is 1.30. The van der Waals surface area contributed by atoms with Crippen LogP contribution in [0.3, 0.4) is 0 Å². The number of hydrogen-bond donors (Lipinski definition) is 2. The van der Waals surface area contributed by atoms with Gasteiger partial charge in [-0.1, -0.05) is 57.7 Å². The summed E-state index contributed by atoms with van der Waals surface area (Å²) in [7, 11) is 0. The average Bonchev–Trinajstić information content (AvgIpc) is 3.06. The third-order valence-corrected chi connectivity index (χ3v) is 5.93. The topological polar surface area (TPSA) is 79.8 Å². The van der Waals surface area contributed by atoms with E-state index in [1.165, 1.54) is 11.8 Å². The first-order valence-electron chi connectivity index (χ1n) is 10.4. The van der Waals surface area contributed by atoms with Gasteiger partial charge in [-0.2, -0.15) is 0 Å². The van der Waals surface area contributed by atoms with Gasteiger partial charge in [-0.25, -0.2) is 4.98 Å². The zero-order chi connectivity index (χ0) is 21.8. The third kappa shape index (κ3) is 5.14. The van der Waals surface area contributed by atoms with Gasteiger partial charge >= 0.3 is 0 Å². The zero-order valence-electron chi connectivity index (χ0n) is 18.3. The van der Waals surface area contributed by atoms with E-state index in [1.54, 1.807) is 4.57 Å². The van der Waals surface area contributed by atoms with Crippen LogP contribution in [0.5, 0.6) is 0 Å². The molecule has 0 radical (unpaired) electrons. The largest absolute Gasteiger partial charge is 0.353 e. The number of aromatic amines is 1. The van der Waals surface area contributed by atoms with Crippen molar-refractivity contribution >= 4 is 34.4 Å². The molecule has 0 unspecified atom stereocenters. The molecule has 0 spiro atoms. The van der Waals surface area contributed by atoms with Crippen LogP contribution >= 0.6 is 11.8 Å². The molecule has 0 aliphatic carbocycles. The molecule has 3 aromatic rings. The summed E-state index contributed by atoms with van der Waals surface area (Å²) in [5.41, 5.74) is 3.92. The van der Waals surface area contributed by atoms with Crippen molar-refractivity contribution in [2.75, 3.05) is 11.1 Å². The molecule has 0 bridgehead atoms. The van der Waals surface area contributed by atoms with Crippen LogP contribution in [-0.2, 0) is 11.3 Å². The van der Waals surface area contributed by atoms with E-state index in [0.29, 0.717) is 34.6 Å². The first-order valence-corrected chi connectivity index (χ1v) is 11.4. The summed E-state index contributed by atoms with van der Waals surface area (Å²) in [6.07, 6.45) is 0.869. The zero-order valence-corrected chi connectivity index (χ0v) is 19.1. The van der Waals surface area contributed by atoms with Gasteiger partial charge in [0.05, 0.1) is 11.3 Å². The molecule has 3 rings (SSSR count). The molecular weight excluding hydrogens is 396 g/mol. The second kappa shape index (κ2) is 9.51. The molecule has 160 valence electrons. The highest BCUT2D eigenvalue weighted by atomic mass is 32.2. The fraction of sp³-hybridized carbons (Fsp3) is 0.435. The van der Waals surface area contributed by atoms with Gasteiger partial charge in [-0.3, -0.25) is 14.2 Å². The fourth-order valence-electron chi connectivity index (χ4n) is 3.34. The Balaban J connectivity index is 1.81. The molecule has 0 atom stereocenters. The lowest BCUT2D eigenvalue weighted by Crippen LogP contribution is -2.25. The Hall–Kier alpha value is -2.54. The van der Waals surface area contributed by atoms with E-state index in [0.717, 1.165) is 23.4 Å². The van der Waals surface area contributed by atoms with E-state index in [1.807, 2.05) is 37.3 Å². The number of aromatic nitrogens is 3. The number of rotatable bonds is 8. The number of nitrogens with zero attached hydrogens (tertiary/aromatic N) is 2. The number of H-pyrrole nitrogens is 1. The van der Waals surface area contributed by atoms with Crippen LogP contribution in [0.4, 0.5) is 5.69 Å². The number of fused-ring (bicyclic) bond motifs is 1. The van der Waals surface area contributed by atoms with E-state index in [9.17, 15) is 9.59 Å². The summed E-state index contributed by atoms with van der Waals surface area (Å²) in [5, 5.41) is 3.59. The van der Waals surface area contributed by atoms with Crippen molar-refractivity contribution in [3.8, 4) is 0 Å². The van der Waals surface area contributed by atoms with E-state index in [-0.39, 0.29) is 17.2 Å². The van der Waals surface area contributed by atoms with Crippen LogP contribution < -0.4 is 10.9 Å². The lowest BCUT2D eigenvalue weighted by Gasteiger charge is -2.15. The highest BCUT2D eigenvalue weighted by Gasteiger charge is 2.16. The Morgan fingerprint density at radius 3 is 2.67 bits per heavy atom. The van der Waals surface area contributed by atoms with Crippen molar-refractivity contribution in [2.45, 2.75) is 58.7 Å². The molecule has 7 heteroatoms. The fourth-order valence-corrected chi connectivity index (χ4v) is 4.16. The van der Waals surface area contributed by atoms with Crippen molar-refractivity contribution in [3.63, 3.8) is 0 Å². The van der Waals surface area contributed by atoms with Crippen LogP contribution in [-0.4, -0.2) is 26.2 Å². The van der Waals surface area contributed by atoms with Gasteiger partial charge in [0.2, 0.25) is 5.91 Å². The van der Waals surface area contributed by atoms with Gasteiger partial charge in [-0.15, -0.1) is 0 Å². The van der Waals surface area contributed by atoms with E-state index < -0.39 is 0 Å². The maximum Gasteiger partial charge on any atom is 0.278 e. The number of para-hydroxylation sites is 1. The summed E-state index contributed by atoms with van der Waals surface area (Å²) in [6.45, 7) is 10.9. The Morgan fingerprint density at radius 2 is 1.97 bits per heavy atom. The van der Waals surface area contributed by atoms with Crippen LogP contribution in [0.15, 0.2) is 40.3 Å². The first kappa shape index (κ1) is 22.2. The maximum absolute atomic E-state index is 13.0. The lowest BCUT2D eigenvalue weighted by molar-refractivity contribution is -0.113. The number of hydrogen-bond acceptors (Lipinski definition) is 4. The molecule has 0 aliphatic heterocycles. The molecular formula is C23H30N4O2S. The number of thioether (sulfide) groups is 1. The number of carbonyl (C=O) groups excluding carboxylic acids is 1. The quantitative estimate of drug-likeness (QED) is 0.395. The maximum atomic E-state index is 13.0. The Bertz CT molecular complexity index is 1100. The highest BCUT2D eigenvalue weighted by Crippen LogP contribution is 2.25. The summed E-state index contributed by atoms with van der Waals surface area (Å²) < 4.78 is 1.69. The minimum atomic E-state index is -0.108. The smallest absolute Gasteiger partial charge is 0.278 e.